The van der Waals surface area contributed by atoms with Gasteiger partial charge >= 0.3 is 0 Å². The molecular weight excluding hydrogens is 478 g/mol. The fraction of sp³-hybridized carbons (Fsp3) is 0.125. The molecule has 0 unspecified atom stereocenters. The van der Waals surface area contributed by atoms with Gasteiger partial charge in [-0.1, -0.05) is 51.4 Å². The van der Waals surface area contributed by atoms with E-state index in [1.807, 2.05) is 24.3 Å². The van der Waals surface area contributed by atoms with E-state index in [-0.39, 0.29) is 28.1 Å². The number of nitrogens with two attached hydrogens (primary N) is 1. The lowest BCUT2D eigenvalue weighted by Crippen LogP contribution is -2.24. The van der Waals surface area contributed by atoms with E-state index in [4.69, 9.17) is 22.7 Å². The molecular formula is C16H16Br2ClN3OS. The van der Waals surface area contributed by atoms with E-state index in [1.165, 1.54) is 11.8 Å². The van der Waals surface area contributed by atoms with Crippen LogP contribution in [-0.2, 0) is 12.3 Å². The summed E-state index contributed by atoms with van der Waals surface area (Å²) in [6, 6.07) is 12.8. The van der Waals surface area contributed by atoms with Crippen LogP contribution in [0.2, 0.25) is 5.02 Å². The van der Waals surface area contributed by atoms with E-state index >= 15 is 0 Å². The predicted molar refractivity (Wildman–Crippen MR) is 110 cm³/mol. The highest BCUT2D eigenvalue weighted by molar-refractivity contribution is 9.10. The monoisotopic (exact) mass is 491 g/mol. The minimum Gasteiger partial charge on any atom is -0.379 e. The van der Waals surface area contributed by atoms with Crippen molar-refractivity contribution in [1.82, 2.24) is 5.32 Å². The molecule has 2 aromatic rings. The highest BCUT2D eigenvalue weighted by Gasteiger charge is 2.12. The van der Waals surface area contributed by atoms with Crippen LogP contribution in [0.3, 0.4) is 0 Å². The fourth-order valence-electron chi connectivity index (χ4n) is 1.94. The van der Waals surface area contributed by atoms with E-state index in [2.05, 4.69) is 21.2 Å². The summed E-state index contributed by atoms with van der Waals surface area (Å²) in [5.41, 5.74) is 7.75. The van der Waals surface area contributed by atoms with Crippen LogP contribution in [0, 0.1) is 5.41 Å². The second-order valence-electron chi connectivity index (χ2n) is 4.76. The molecule has 8 heteroatoms. The molecule has 0 bridgehead atoms. The van der Waals surface area contributed by atoms with Gasteiger partial charge in [-0.15, -0.1) is 17.0 Å². The van der Waals surface area contributed by atoms with Gasteiger partial charge in [-0.25, -0.2) is 0 Å². The Morgan fingerprint density at radius 2 is 1.92 bits per heavy atom. The highest BCUT2D eigenvalue weighted by atomic mass is 79.9. The molecule has 128 valence electrons. The van der Waals surface area contributed by atoms with Gasteiger partial charge < -0.3 is 11.1 Å². The maximum absolute atomic E-state index is 12.4. The average molecular weight is 494 g/mol. The molecule has 0 aliphatic rings. The van der Waals surface area contributed by atoms with Crippen molar-refractivity contribution in [2.75, 3.05) is 0 Å². The zero-order valence-corrected chi connectivity index (χ0v) is 17.4. The lowest BCUT2D eigenvalue weighted by atomic mass is 10.1. The molecule has 0 saturated heterocycles. The molecule has 0 radical (unpaired) electrons. The summed E-state index contributed by atoms with van der Waals surface area (Å²) in [5, 5.41) is 10.9. The zero-order valence-electron chi connectivity index (χ0n) is 12.5. The number of amides is 1. The van der Waals surface area contributed by atoms with Gasteiger partial charge in [0.1, 0.15) is 0 Å². The van der Waals surface area contributed by atoms with Crippen LogP contribution in [0.4, 0.5) is 0 Å². The second kappa shape index (κ2) is 10.1. The maximum atomic E-state index is 12.4. The van der Waals surface area contributed by atoms with Crippen molar-refractivity contribution < 1.29 is 4.79 Å². The molecule has 4 N–H and O–H groups in total. The van der Waals surface area contributed by atoms with Gasteiger partial charge in [-0.2, -0.15) is 0 Å². The average Bonchev–Trinajstić information content (AvgIpc) is 2.52. The summed E-state index contributed by atoms with van der Waals surface area (Å²) in [6.45, 7) is 0.422. The number of carbonyl (C=O) groups is 1. The first-order valence-corrected chi connectivity index (χ1v) is 8.89. The summed E-state index contributed by atoms with van der Waals surface area (Å²) in [7, 11) is 0. The number of carbonyl (C=O) groups excluding carboxylic acids is 1. The number of hydrogen-bond donors (Lipinski definition) is 3. The van der Waals surface area contributed by atoms with Crippen molar-refractivity contribution in [3.8, 4) is 0 Å². The number of halogens is 3. The normalized spacial score (nSPS) is 9.92. The summed E-state index contributed by atoms with van der Waals surface area (Å²) >= 11 is 10.4. The summed E-state index contributed by atoms with van der Waals surface area (Å²) in [6.07, 6.45) is 0. The number of rotatable bonds is 5. The van der Waals surface area contributed by atoms with Gasteiger partial charge in [-0.05, 0) is 41.5 Å². The van der Waals surface area contributed by atoms with Crippen molar-refractivity contribution in [3.63, 3.8) is 0 Å². The van der Waals surface area contributed by atoms with Crippen LogP contribution in [-0.4, -0.2) is 11.1 Å². The van der Waals surface area contributed by atoms with Gasteiger partial charge in [0, 0.05) is 27.4 Å². The van der Waals surface area contributed by atoms with E-state index in [0.717, 1.165) is 15.6 Å². The van der Waals surface area contributed by atoms with E-state index in [1.54, 1.807) is 18.2 Å². The molecule has 2 rings (SSSR count). The van der Waals surface area contributed by atoms with Crippen LogP contribution in [0.1, 0.15) is 21.5 Å². The SMILES string of the molecule is Br.N=C(N)SCc1cc(Br)ccc1C(=O)NCc1ccc(Cl)cc1. The van der Waals surface area contributed by atoms with Crippen LogP contribution >= 0.6 is 56.3 Å². The molecule has 0 fully saturated rings. The van der Waals surface area contributed by atoms with Gasteiger partial charge in [-0.3, -0.25) is 10.2 Å². The molecule has 0 atom stereocenters. The Morgan fingerprint density at radius 1 is 1.25 bits per heavy atom. The van der Waals surface area contributed by atoms with Crippen LogP contribution in [0.25, 0.3) is 0 Å². The molecule has 24 heavy (non-hydrogen) atoms. The van der Waals surface area contributed by atoms with Crippen molar-refractivity contribution in [1.29, 1.82) is 5.41 Å². The van der Waals surface area contributed by atoms with Crippen molar-refractivity contribution in [3.05, 3.63) is 68.7 Å². The lowest BCUT2D eigenvalue weighted by molar-refractivity contribution is 0.0950. The zero-order chi connectivity index (χ0) is 16.8. The van der Waals surface area contributed by atoms with Crippen LogP contribution in [0.5, 0.6) is 0 Å². The Labute approximate surface area is 168 Å². The third kappa shape index (κ3) is 6.47. The molecule has 1 amide bonds. The first-order chi connectivity index (χ1) is 11.0. The smallest absolute Gasteiger partial charge is 0.251 e. The lowest BCUT2D eigenvalue weighted by Gasteiger charge is -2.11. The van der Waals surface area contributed by atoms with E-state index in [9.17, 15) is 4.79 Å². The maximum Gasteiger partial charge on any atom is 0.251 e. The molecule has 0 saturated carbocycles. The number of amidine groups is 1. The van der Waals surface area contributed by atoms with Gasteiger partial charge in [0.2, 0.25) is 0 Å². The number of nitrogens with one attached hydrogen (secondary N) is 2. The Bertz CT molecular complexity index is 726. The highest BCUT2D eigenvalue weighted by Crippen LogP contribution is 2.21. The summed E-state index contributed by atoms with van der Waals surface area (Å²) < 4.78 is 0.880. The first kappa shape index (κ1) is 21.0. The number of thioether (sulfide) groups is 1. The van der Waals surface area contributed by atoms with Crippen molar-refractivity contribution >= 4 is 67.3 Å². The molecule has 4 nitrogen and oxygen atoms in total. The minimum absolute atomic E-state index is 0. The Kier molecular flexibility index (Phi) is 8.83. The Hall–Kier alpha value is -1.02. The van der Waals surface area contributed by atoms with Gasteiger partial charge in [0.25, 0.3) is 5.91 Å². The van der Waals surface area contributed by atoms with E-state index < -0.39 is 0 Å². The first-order valence-electron chi connectivity index (χ1n) is 6.73. The largest absolute Gasteiger partial charge is 0.379 e. The third-order valence-electron chi connectivity index (χ3n) is 3.06. The van der Waals surface area contributed by atoms with Gasteiger partial charge in [0.15, 0.2) is 5.17 Å². The second-order valence-corrected chi connectivity index (χ2v) is 7.13. The van der Waals surface area contributed by atoms with Crippen molar-refractivity contribution in [2.24, 2.45) is 5.73 Å². The predicted octanol–water partition coefficient (Wildman–Crippen LogP) is 4.74. The molecule has 0 aliphatic carbocycles. The summed E-state index contributed by atoms with van der Waals surface area (Å²) in [4.78, 5) is 12.4. The topological polar surface area (TPSA) is 79.0 Å². The molecule has 0 aromatic heterocycles. The minimum atomic E-state index is -0.161. The van der Waals surface area contributed by atoms with Crippen LogP contribution in [0.15, 0.2) is 46.9 Å². The third-order valence-corrected chi connectivity index (χ3v) is 4.57. The Balaban J connectivity index is 0.00000288. The molecule has 0 heterocycles. The van der Waals surface area contributed by atoms with Crippen LogP contribution < -0.4 is 11.1 Å². The fourth-order valence-corrected chi connectivity index (χ4v) is 3.02. The quantitative estimate of drug-likeness (QED) is 0.416. The molecule has 0 aliphatic heterocycles. The number of hydrogen-bond acceptors (Lipinski definition) is 3. The Morgan fingerprint density at radius 3 is 2.54 bits per heavy atom. The molecule has 0 spiro atoms. The van der Waals surface area contributed by atoms with E-state index in [0.29, 0.717) is 22.9 Å². The van der Waals surface area contributed by atoms with Gasteiger partial charge in [0.05, 0.1) is 0 Å². The van der Waals surface area contributed by atoms with Crippen molar-refractivity contribution in [2.45, 2.75) is 12.3 Å². The molecule has 2 aromatic carbocycles. The standard InChI is InChI=1S/C16H15BrClN3OS.BrH/c17-12-3-6-14(11(7-12)9-23-16(19)20)15(22)21-8-10-1-4-13(18)5-2-10;/h1-7H,8-9H2,(H3,19,20)(H,21,22);1H. The number of benzene rings is 2. The summed E-state index contributed by atoms with van der Waals surface area (Å²) in [5.74, 6) is 0.310.